The zero-order chi connectivity index (χ0) is 18.8. The first-order chi connectivity index (χ1) is 11.4. The lowest BCUT2D eigenvalue weighted by Gasteiger charge is -2.27. The average Bonchev–Trinajstić information content (AvgIpc) is 3.25. The Morgan fingerprint density at radius 1 is 1.20 bits per heavy atom. The number of anilines is 1. The molecule has 25 heavy (non-hydrogen) atoms. The van der Waals surface area contributed by atoms with Gasteiger partial charge in [-0.15, -0.1) is 0 Å². The maximum atomic E-state index is 12.6. The lowest BCUT2D eigenvalue weighted by molar-refractivity contribution is -0.137. The van der Waals surface area contributed by atoms with Crippen LogP contribution in [-0.4, -0.2) is 48.1 Å². The average molecular weight is 372 g/mol. The number of pyridine rings is 1. The van der Waals surface area contributed by atoms with Crippen LogP contribution in [0.4, 0.5) is 32.0 Å². The first-order valence-corrected chi connectivity index (χ1v) is 7.19. The van der Waals surface area contributed by atoms with Crippen LogP contribution < -0.4 is 9.64 Å². The van der Waals surface area contributed by atoms with E-state index >= 15 is 0 Å². The summed E-state index contributed by atoms with van der Waals surface area (Å²) in [4.78, 5) is 14.6. The van der Waals surface area contributed by atoms with Crippen LogP contribution in [0.15, 0.2) is 12.3 Å². The van der Waals surface area contributed by atoms with Gasteiger partial charge in [0.25, 0.3) is 0 Å². The molecule has 0 amide bonds. The number of nitrogens with zero attached hydrogens (tertiary/aromatic N) is 2. The molecular formula is C14H14F6N2O3. The molecule has 140 valence electrons. The molecule has 1 heterocycles. The molecule has 2 rings (SSSR count). The van der Waals surface area contributed by atoms with E-state index in [0.717, 1.165) is 18.9 Å². The van der Waals surface area contributed by atoms with Gasteiger partial charge in [-0.05, 0) is 18.8 Å². The van der Waals surface area contributed by atoms with E-state index in [4.69, 9.17) is 9.84 Å². The Kier molecular flexibility index (Phi) is 5.33. The molecule has 1 aromatic rings. The molecule has 1 aliphatic rings. The Morgan fingerprint density at radius 2 is 1.76 bits per heavy atom. The summed E-state index contributed by atoms with van der Waals surface area (Å²) in [5.74, 6) is -1.64. The highest BCUT2D eigenvalue weighted by Gasteiger charge is 2.38. The lowest BCUT2D eigenvalue weighted by atomic mass is 10.2. The van der Waals surface area contributed by atoms with Crippen molar-refractivity contribution < 1.29 is 41.0 Å². The number of carboxylic acid groups (broad SMARTS) is 1. The predicted octanol–water partition coefficient (Wildman–Crippen LogP) is 3.50. The van der Waals surface area contributed by atoms with E-state index in [9.17, 15) is 31.1 Å². The highest BCUT2D eigenvalue weighted by Crippen LogP contribution is 2.33. The Labute approximate surface area is 138 Å². The maximum Gasteiger partial charge on any atom is 0.405 e. The third kappa shape index (κ3) is 6.31. The van der Waals surface area contributed by atoms with Gasteiger partial charge in [-0.3, -0.25) is 0 Å². The molecule has 0 spiro atoms. The molecule has 5 nitrogen and oxygen atoms in total. The molecule has 1 N–H and O–H groups in total. The number of rotatable bonds is 7. The van der Waals surface area contributed by atoms with Crippen LogP contribution in [0.3, 0.4) is 0 Å². The third-order valence-electron chi connectivity index (χ3n) is 3.32. The summed E-state index contributed by atoms with van der Waals surface area (Å²) in [5, 5.41) is 9.03. The SMILES string of the molecule is O=C(O)c1ncc(N(CC(F)(F)F)CC(F)(F)F)cc1OCC1CC1. The van der Waals surface area contributed by atoms with E-state index in [2.05, 4.69) is 4.98 Å². The van der Waals surface area contributed by atoms with E-state index in [-0.39, 0.29) is 23.2 Å². The van der Waals surface area contributed by atoms with Crippen molar-refractivity contribution in [1.29, 1.82) is 0 Å². The molecule has 0 aromatic carbocycles. The number of aromatic nitrogens is 1. The van der Waals surface area contributed by atoms with Gasteiger partial charge < -0.3 is 14.7 Å². The summed E-state index contributed by atoms with van der Waals surface area (Å²) in [5.41, 5.74) is -1.09. The molecule has 1 fully saturated rings. The second-order valence-electron chi connectivity index (χ2n) is 5.69. The van der Waals surface area contributed by atoms with Crippen molar-refractivity contribution >= 4 is 11.7 Å². The van der Waals surface area contributed by atoms with Gasteiger partial charge in [0.05, 0.1) is 18.5 Å². The largest absolute Gasteiger partial charge is 0.491 e. The number of halogens is 6. The van der Waals surface area contributed by atoms with E-state index in [1.807, 2.05) is 0 Å². The minimum atomic E-state index is -4.88. The second kappa shape index (κ2) is 6.96. The Hall–Kier alpha value is -2.20. The van der Waals surface area contributed by atoms with Crippen LogP contribution >= 0.6 is 0 Å². The Morgan fingerprint density at radius 3 is 2.20 bits per heavy atom. The number of hydrogen-bond acceptors (Lipinski definition) is 4. The number of carboxylic acids is 1. The molecule has 1 aliphatic carbocycles. The highest BCUT2D eigenvalue weighted by atomic mass is 19.4. The number of hydrogen-bond donors (Lipinski definition) is 1. The fourth-order valence-corrected chi connectivity index (χ4v) is 2.04. The minimum Gasteiger partial charge on any atom is -0.491 e. The first-order valence-electron chi connectivity index (χ1n) is 7.19. The third-order valence-corrected chi connectivity index (χ3v) is 3.32. The van der Waals surface area contributed by atoms with Crippen molar-refractivity contribution in [2.75, 3.05) is 24.6 Å². The summed E-state index contributed by atoms with van der Waals surface area (Å²) in [6, 6.07) is 0.844. The molecule has 11 heteroatoms. The molecule has 0 atom stereocenters. The molecule has 1 aromatic heterocycles. The molecule has 0 bridgehead atoms. The van der Waals surface area contributed by atoms with E-state index in [1.54, 1.807) is 0 Å². The second-order valence-corrected chi connectivity index (χ2v) is 5.69. The smallest absolute Gasteiger partial charge is 0.405 e. The number of carbonyl (C=O) groups is 1. The standard InChI is InChI=1S/C14H14F6N2O3/c15-13(16,17)6-22(7-14(18,19)20)9-3-10(25-5-8-1-2-8)11(12(23)24)21-4-9/h3-4,8H,1-2,5-7H2,(H,23,24). The minimum absolute atomic E-state index is 0.0304. The van der Waals surface area contributed by atoms with E-state index in [1.165, 1.54) is 0 Å². The number of aromatic carboxylic acids is 1. The monoisotopic (exact) mass is 372 g/mol. The van der Waals surface area contributed by atoms with Crippen molar-refractivity contribution in [1.82, 2.24) is 4.98 Å². The summed E-state index contributed by atoms with van der Waals surface area (Å²) >= 11 is 0. The van der Waals surface area contributed by atoms with Gasteiger partial charge >= 0.3 is 18.3 Å². The summed E-state index contributed by atoms with van der Waals surface area (Å²) in [7, 11) is 0. The van der Waals surface area contributed by atoms with Gasteiger partial charge in [-0.2, -0.15) is 26.3 Å². The van der Waals surface area contributed by atoms with Crippen LogP contribution in [-0.2, 0) is 0 Å². The highest BCUT2D eigenvalue weighted by molar-refractivity contribution is 5.89. The fraction of sp³-hybridized carbons (Fsp3) is 0.571. The topological polar surface area (TPSA) is 62.7 Å². The first kappa shape index (κ1) is 19.1. The summed E-state index contributed by atoms with van der Waals surface area (Å²) in [6.45, 7) is -3.59. The molecule has 0 radical (unpaired) electrons. The van der Waals surface area contributed by atoms with Crippen LogP contribution in [0, 0.1) is 5.92 Å². The van der Waals surface area contributed by atoms with Gasteiger partial charge in [0.2, 0.25) is 0 Å². The zero-order valence-electron chi connectivity index (χ0n) is 12.7. The molecule has 0 saturated heterocycles. The van der Waals surface area contributed by atoms with Crippen LogP contribution in [0.5, 0.6) is 5.75 Å². The van der Waals surface area contributed by atoms with Crippen molar-refractivity contribution in [2.24, 2.45) is 5.92 Å². The van der Waals surface area contributed by atoms with E-state index in [0.29, 0.717) is 6.20 Å². The fourth-order valence-electron chi connectivity index (χ4n) is 2.04. The molecule has 0 aliphatic heterocycles. The van der Waals surface area contributed by atoms with E-state index < -0.39 is 42.8 Å². The molecule has 1 saturated carbocycles. The zero-order valence-corrected chi connectivity index (χ0v) is 12.7. The van der Waals surface area contributed by atoms with Crippen LogP contribution in [0.25, 0.3) is 0 Å². The number of alkyl halides is 6. The van der Waals surface area contributed by atoms with Gasteiger partial charge in [-0.25, -0.2) is 9.78 Å². The van der Waals surface area contributed by atoms with Crippen molar-refractivity contribution in [3.05, 3.63) is 18.0 Å². The maximum absolute atomic E-state index is 12.6. The van der Waals surface area contributed by atoms with Crippen molar-refractivity contribution in [3.63, 3.8) is 0 Å². The predicted molar refractivity (Wildman–Crippen MR) is 73.7 cm³/mol. The Balaban J connectivity index is 2.31. The van der Waals surface area contributed by atoms with Crippen molar-refractivity contribution in [3.8, 4) is 5.75 Å². The van der Waals surface area contributed by atoms with Crippen LogP contribution in [0.2, 0.25) is 0 Å². The van der Waals surface area contributed by atoms with Gasteiger partial charge in [0, 0.05) is 6.07 Å². The van der Waals surface area contributed by atoms with Crippen LogP contribution in [0.1, 0.15) is 23.3 Å². The normalized spacial score (nSPS) is 15.1. The van der Waals surface area contributed by atoms with Crippen molar-refractivity contribution in [2.45, 2.75) is 25.2 Å². The number of ether oxygens (including phenoxy) is 1. The van der Waals surface area contributed by atoms with Gasteiger partial charge in [0.1, 0.15) is 13.1 Å². The summed E-state index contributed by atoms with van der Waals surface area (Å²) in [6.07, 6.45) is -7.38. The van der Waals surface area contributed by atoms with Gasteiger partial charge in [-0.1, -0.05) is 0 Å². The quantitative estimate of drug-likeness (QED) is 0.743. The van der Waals surface area contributed by atoms with Gasteiger partial charge in [0.15, 0.2) is 11.4 Å². The lowest BCUT2D eigenvalue weighted by Crippen LogP contribution is -2.40. The summed E-state index contributed by atoms with van der Waals surface area (Å²) < 4.78 is 80.7. The molecule has 0 unspecified atom stereocenters. The molecular weight excluding hydrogens is 358 g/mol. The Bertz CT molecular complexity index is 612.